The first-order valence-corrected chi connectivity index (χ1v) is 6.75. The minimum Gasteiger partial charge on any atom is -0.493 e. The minimum atomic E-state index is -0.176. The highest BCUT2D eigenvalue weighted by Gasteiger charge is 2.24. The van der Waals surface area contributed by atoms with Crippen LogP contribution in [0.15, 0.2) is 24.7 Å². The van der Waals surface area contributed by atoms with Crippen LogP contribution in [-0.4, -0.2) is 21.9 Å². The lowest BCUT2D eigenvalue weighted by molar-refractivity contribution is 0.399. The van der Waals surface area contributed by atoms with Crippen molar-refractivity contribution < 1.29 is 4.74 Å². The summed E-state index contributed by atoms with van der Waals surface area (Å²) in [7, 11) is 1.64. The predicted octanol–water partition coefficient (Wildman–Crippen LogP) is 1.42. The number of hydrogen-bond acceptors (Lipinski definition) is 5. The zero-order chi connectivity index (χ0) is 14.5. The van der Waals surface area contributed by atoms with Crippen LogP contribution in [0, 0.1) is 0 Å². The van der Waals surface area contributed by atoms with Crippen molar-refractivity contribution in [1.29, 1.82) is 0 Å². The Bertz CT molecular complexity index is 545. The zero-order valence-electron chi connectivity index (χ0n) is 12.1. The van der Waals surface area contributed by atoms with Crippen molar-refractivity contribution in [2.45, 2.75) is 32.9 Å². The van der Waals surface area contributed by atoms with Gasteiger partial charge in [0.2, 0.25) is 0 Å². The van der Waals surface area contributed by atoms with Gasteiger partial charge in [0.15, 0.2) is 5.75 Å². The number of nitrogens with two attached hydrogens (primary N) is 1. The molecule has 2 aromatic rings. The molecule has 3 N–H and O–H groups in total. The van der Waals surface area contributed by atoms with Crippen LogP contribution in [0.1, 0.15) is 36.7 Å². The van der Waals surface area contributed by atoms with Crippen LogP contribution in [0.2, 0.25) is 0 Å². The van der Waals surface area contributed by atoms with E-state index in [0.29, 0.717) is 0 Å². The number of aryl methyl sites for hydroxylation is 2. The molecule has 0 radical (unpaired) electrons. The molecule has 2 rings (SSSR count). The molecule has 0 aliphatic carbocycles. The summed E-state index contributed by atoms with van der Waals surface area (Å²) < 4.78 is 7.30. The second kappa shape index (κ2) is 6.49. The fourth-order valence-corrected chi connectivity index (χ4v) is 2.41. The fraction of sp³-hybridized carbons (Fsp3) is 0.429. The highest BCUT2D eigenvalue weighted by atomic mass is 16.5. The number of nitrogens with one attached hydrogen (secondary N) is 1. The van der Waals surface area contributed by atoms with Gasteiger partial charge in [0.1, 0.15) is 5.69 Å². The summed E-state index contributed by atoms with van der Waals surface area (Å²) in [6.07, 6.45) is 6.26. The number of methoxy groups -OCH3 is 1. The predicted molar refractivity (Wildman–Crippen MR) is 77.2 cm³/mol. The SMILES string of the molecule is CCc1cnccc1C(NN)c1c(OC)cnn1CC. The zero-order valence-corrected chi connectivity index (χ0v) is 12.1. The molecule has 0 fully saturated rings. The van der Waals surface area contributed by atoms with Crippen molar-refractivity contribution in [2.75, 3.05) is 7.11 Å². The third-order valence-corrected chi connectivity index (χ3v) is 3.44. The molecule has 0 saturated heterocycles. The third-order valence-electron chi connectivity index (χ3n) is 3.44. The van der Waals surface area contributed by atoms with Crippen LogP contribution in [0.4, 0.5) is 0 Å². The Morgan fingerprint density at radius 3 is 2.80 bits per heavy atom. The second-order valence-corrected chi connectivity index (χ2v) is 4.44. The van der Waals surface area contributed by atoms with E-state index in [9.17, 15) is 0 Å². The molecule has 1 unspecified atom stereocenters. The molecular formula is C14H21N5O. The first-order valence-electron chi connectivity index (χ1n) is 6.75. The number of rotatable bonds is 6. The first kappa shape index (κ1) is 14.5. The Kier molecular flexibility index (Phi) is 4.70. The van der Waals surface area contributed by atoms with Gasteiger partial charge >= 0.3 is 0 Å². The number of nitrogens with zero attached hydrogens (tertiary/aromatic N) is 3. The standard InChI is InChI=1S/C14H21N5O/c1-4-10-8-16-7-6-11(10)13(18-15)14-12(20-3)9-17-19(14)5-2/h6-9,13,18H,4-5,15H2,1-3H3. The maximum atomic E-state index is 5.80. The van der Waals surface area contributed by atoms with Crippen LogP contribution < -0.4 is 16.0 Å². The van der Waals surface area contributed by atoms with Crippen LogP contribution in [0.5, 0.6) is 5.75 Å². The topological polar surface area (TPSA) is 78.0 Å². The summed E-state index contributed by atoms with van der Waals surface area (Å²) in [5, 5.41) is 4.34. The van der Waals surface area contributed by atoms with Crippen LogP contribution >= 0.6 is 0 Å². The average Bonchev–Trinajstić information content (AvgIpc) is 2.91. The van der Waals surface area contributed by atoms with Gasteiger partial charge in [-0.2, -0.15) is 5.10 Å². The number of hydrazine groups is 1. The molecule has 0 spiro atoms. The van der Waals surface area contributed by atoms with Crippen molar-refractivity contribution >= 4 is 0 Å². The monoisotopic (exact) mass is 275 g/mol. The summed E-state index contributed by atoms with van der Waals surface area (Å²) in [6, 6.07) is 1.81. The van der Waals surface area contributed by atoms with E-state index in [1.807, 2.05) is 23.9 Å². The Hall–Kier alpha value is -1.92. The van der Waals surface area contributed by atoms with E-state index in [4.69, 9.17) is 10.6 Å². The molecule has 1 atom stereocenters. The maximum absolute atomic E-state index is 5.80. The molecule has 6 nitrogen and oxygen atoms in total. The summed E-state index contributed by atoms with van der Waals surface area (Å²) in [5.41, 5.74) is 6.06. The van der Waals surface area contributed by atoms with Crippen molar-refractivity contribution in [3.05, 3.63) is 41.5 Å². The van der Waals surface area contributed by atoms with Gasteiger partial charge in [-0.15, -0.1) is 0 Å². The van der Waals surface area contributed by atoms with Gasteiger partial charge in [-0.05, 0) is 30.5 Å². The van der Waals surface area contributed by atoms with E-state index in [1.165, 1.54) is 0 Å². The van der Waals surface area contributed by atoms with Gasteiger partial charge in [-0.25, -0.2) is 5.43 Å². The van der Waals surface area contributed by atoms with Crippen molar-refractivity contribution in [2.24, 2.45) is 5.84 Å². The molecule has 0 amide bonds. The van der Waals surface area contributed by atoms with Gasteiger partial charge in [-0.3, -0.25) is 15.5 Å². The average molecular weight is 275 g/mol. The van der Waals surface area contributed by atoms with Crippen LogP contribution in [-0.2, 0) is 13.0 Å². The van der Waals surface area contributed by atoms with Crippen molar-refractivity contribution in [1.82, 2.24) is 20.2 Å². The van der Waals surface area contributed by atoms with Gasteiger partial charge in [0, 0.05) is 18.9 Å². The lowest BCUT2D eigenvalue weighted by Crippen LogP contribution is -2.31. The summed E-state index contributed by atoms with van der Waals surface area (Å²) in [6.45, 7) is 4.89. The fourth-order valence-electron chi connectivity index (χ4n) is 2.41. The molecule has 0 saturated carbocycles. The van der Waals surface area contributed by atoms with Gasteiger partial charge in [-0.1, -0.05) is 6.92 Å². The van der Waals surface area contributed by atoms with E-state index < -0.39 is 0 Å². The number of pyridine rings is 1. The molecule has 20 heavy (non-hydrogen) atoms. The van der Waals surface area contributed by atoms with Crippen molar-refractivity contribution in [3.8, 4) is 5.75 Å². The normalized spacial score (nSPS) is 12.4. The maximum Gasteiger partial charge on any atom is 0.161 e. The van der Waals surface area contributed by atoms with E-state index in [-0.39, 0.29) is 6.04 Å². The van der Waals surface area contributed by atoms with E-state index in [2.05, 4.69) is 22.4 Å². The summed E-state index contributed by atoms with van der Waals surface area (Å²) >= 11 is 0. The molecular weight excluding hydrogens is 254 g/mol. The highest BCUT2D eigenvalue weighted by Crippen LogP contribution is 2.31. The largest absolute Gasteiger partial charge is 0.493 e. The smallest absolute Gasteiger partial charge is 0.161 e. The lowest BCUT2D eigenvalue weighted by atomic mass is 9.98. The van der Waals surface area contributed by atoms with Crippen LogP contribution in [0.3, 0.4) is 0 Å². The third kappa shape index (κ3) is 2.52. The van der Waals surface area contributed by atoms with E-state index >= 15 is 0 Å². The minimum absolute atomic E-state index is 0.176. The van der Waals surface area contributed by atoms with Gasteiger partial charge in [0.05, 0.1) is 19.3 Å². The molecule has 0 aliphatic heterocycles. The highest BCUT2D eigenvalue weighted by molar-refractivity contribution is 5.39. The molecule has 2 heterocycles. The van der Waals surface area contributed by atoms with E-state index in [0.717, 1.165) is 35.5 Å². The lowest BCUT2D eigenvalue weighted by Gasteiger charge is -2.21. The molecule has 0 aliphatic rings. The van der Waals surface area contributed by atoms with Gasteiger partial charge < -0.3 is 4.74 Å². The molecule has 0 aromatic carbocycles. The Labute approximate surface area is 118 Å². The number of aromatic nitrogens is 3. The van der Waals surface area contributed by atoms with Gasteiger partial charge in [0.25, 0.3) is 0 Å². The summed E-state index contributed by atoms with van der Waals surface area (Å²) in [4.78, 5) is 4.18. The van der Waals surface area contributed by atoms with Crippen LogP contribution in [0.25, 0.3) is 0 Å². The second-order valence-electron chi connectivity index (χ2n) is 4.44. The Balaban J connectivity index is 2.55. The molecule has 6 heteroatoms. The Morgan fingerprint density at radius 2 is 2.20 bits per heavy atom. The van der Waals surface area contributed by atoms with Crippen molar-refractivity contribution in [3.63, 3.8) is 0 Å². The summed E-state index contributed by atoms with van der Waals surface area (Å²) in [5.74, 6) is 6.53. The Morgan fingerprint density at radius 1 is 1.40 bits per heavy atom. The van der Waals surface area contributed by atoms with E-state index in [1.54, 1.807) is 19.5 Å². The molecule has 2 aromatic heterocycles. The number of hydrogen-bond donors (Lipinski definition) is 2. The molecule has 108 valence electrons. The first-order chi connectivity index (χ1) is 9.76. The quantitative estimate of drug-likeness (QED) is 0.616. The molecule has 0 bridgehead atoms. The number of ether oxygens (including phenoxy) is 1.